The van der Waals surface area contributed by atoms with Crippen molar-refractivity contribution in [1.82, 2.24) is 15.1 Å². The number of benzene rings is 1. The van der Waals surface area contributed by atoms with Gasteiger partial charge >= 0.3 is 11.7 Å². The van der Waals surface area contributed by atoms with Crippen LogP contribution in [0.25, 0.3) is 11.5 Å². The van der Waals surface area contributed by atoms with Crippen molar-refractivity contribution in [2.24, 2.45) is 0 Å². The Balaban J connectivity index is 1.56. The molecule has 1 aromatic carbocycles. The third kappa shape index (κ3) is 4.72. The van der Waals surface area contributed by atoms with Crippen molar-refractivity contribution in [3.8, 4) is 11.5 Å². The first-order chi connectivity index (χ1) is 13.4. The van der Waals surface area contributed by atoms with Gasteiger partial charge in [0.25, 0.3) is 5.91 Å². The normalized spacial score (nSPS) is 11.8. The van der Waals surface area contributed by atoms with Crippen LogP contribution in [0.1, 0.15) is 12.7 Å². The Morgan fingerprint density at radius 1 is 1.29 bits per heavy atom. The van der Waals surface area contributed by atoms with E-state index in [0.29, 0.717) is 11.3 Å². The number of carbonyl (C=O) groups is 2. The van der Waals surface area contributed by atoms with Gasteiger partial charge < -0.3 is 18.9 Å². The highest BCUT2D eigenvalue weighted by Gasteiger charge is 2.20. The van der Waals surface area contributed by atoms with Gasteiger partial charge in [0.1, 0.15) is 18.1 Å². The fraction of sp³-hybridized carbons (Fsp3) is 0.222. The fourth-order valence-corrected chi connectivity index (χ4v) is 2.26. The van der Waals surface area contributed by atoms with Gasteiger partial charge in [0.15, 0.2) is 6.10 Å². The zero-order valence-electron chi connectivity index (χ0n) is 14.8. The van der Waals surface area contributed by atoms with E-state index in [1.54, 1.807) is 12.1 Å². The second kappa shape index (κ2) is 8.33. The zero-order valence-corrected chi connectivity index (χ0v) is 14.8. The Bertz CT molecular complexity index is 1010. The molecule has 9 nitrogen and oxygen atoms in total. The third-order valence-corrected chi connectivity index (χ3v) is 3.67. The smallest absolute Gasteiger partial charge is 0.437 e. The summed E-state index contributed by atoms with van der Waals surface area (Å²) in [7, 11) is 0. The number of hydrogen-bond donors (Lipinski definition) is 1. The molecule has 0 fully saturated rings. The number of carbonyl (C=O) groups excluding carboxylic acids is 2. The van der Waals surface area contributed by atoms with Crippen LogP contribution in [0.15, 0.2) is 56.3 Å². The summed E-state index contributed by atoms with van der Waals surface area (Å²) in [5.74, 6) is -2.22. The molecule has 3 rings (SSSR count). The summed E-state index contributed by atoms with van der Waals surface area (Å²) in [6.07, 6.45) is 0.391. The summed E-state index contributed by atoms with van der Waals surface area (Å²) < 4.78 is 28.8. The standard InChI is InChI=1S/C18H16FN3O6/c1-11(16(24)20-9-14-3-2-8-26-14)27-15(23)10-22-18(25)28-17(21-22)12-4-6-13(19)7-5-12/h2-8,11H,9-10H2,1H3,(H,20,24). The van der Waals surface area contributed by atoms with E-state index < -0.39 is 36.1 Å². The van der Waals surface area contributed by atoms with Crippen molar-refractivity contribution in [3.05, 3.63) is 64.8 Å². The van der Waals surface area contributed by atoms with Gasteiger partial charge in [0.05, 0.1) is 12.8 Å². The van der Waals surface area contributed by atoms with E-state index in [0.717, 1.165) is 4.68 Å². The minimum absolute atomic E-state index is 0.0676. The van der Waals surface area contributed by atoms with E-state index >= 15 is 0 Å². The number of nitrogens with one attached hydrogen (secondary N) is 1. The number of ether oxygens (including phenoxy) is 1. The molecule has 0 saturated carbocycles. The molecule has 3 aromatic rings. The molecule has 10 heteroatoms. The van der Waals surface area contributed by atoms with E-state index in [1.165, 1.54) is 37.5 Å². The van der Waals surface area contributed by atoms with Crippen LogP contribution in [0.3, 0.4) is 0 Å². The molecule has 1 amide bonds. The van der Waals surface area contributed by atoms with Crippen LogP contribution in [-0.2, 0) is 27.4 Å². The predicted molar refractivity (Wildman–Crippen MR) is 92.3 cm³/mol. The maximum absolute atomic E-state index is 13.0. The lowest BCUT2D eigenvalue weighted by Crippen LogP contribution is -2.36. The minimum Gasteiger partial charge on any atom is -0.467 e. The topological polar surface area (TPSA) is 117 Å². The molecule has 0 aliphatic rings. The Labute approximate surface area is 157 Å². The van der Waals surface area contributed by atoms with Crippen LogP contribution in [0.5, 0.6) is 0 Å². The molecular weight excluding hydrogens is 373 g/mol. The first-order valence-electron chi connectivity index (χ1n) is 8.26. The number of esters is 1. The van der Waals surface area contributed by atoms with Crippen LogP contribution in [0.2, 0.25) is 0 Å². The van der Waals surface area contributed by atoms with Gasteiger partial charge in [-0.05, 0) is 43.3 Å². The monoisotopic (exact) mass is 389 g/mol. The minimum atomic E-state index is -1.08. The molecule has 0 aliphatic heterocycles. The highest BCUT2D eigenvalue weighted by Crippen LogP contribution is 2.15. The van der Waals surface area contributed by atoms with Gasteiger partial charge in [-0.2, -0.15) is 4.68 Å². The van der Waals surface area contributed by atoms with Gasteiger partial charge in [0.2, 0.25) is 5.89 Å². The zero-order chi connectivity index (χ0) is 20.1. The molecule has 28 heavy (non-hydrogen) atoms. The van der Waals surface area contributed by atoms with E-state index in [-0.39, 0.29) is 12.4 Å². The van der Waals surface area contributed by atoms with Crippen molar-refractivity contribution in [2.45, 2.75) is 26.1 Å². The summed E-state index contributed by atoms with van der Waals surface area (Å²) in [5, 5.41) is 6.43. The molecule has 1 unspecified atom stereocenters. The molecule has 0 saturated heterocycles. The average molecular weight is 389 g/mol. The van der Waals surface area contributed by atoms with Gasteiger partial charge in [-0.3, -0.25) is 9.59 Å². The molecule has 0 aliphatic carbocycles. The van der Waals surface area contributed by atoms with E-state index in [9.17, 15) is 18.8 Å². The van der Waals surface area contributed by atoms with Crippen molar-refractivity contribution in [2.75, 3.05) is 0 Å². The maximum atomic E-state index is 13.0. The molecule has 1 atom stereocenters. The van der Waals surface area contributed by atoms with Crippen molar-refractivity contribution in [1.29, 1.82) is 0 Å². The SMILES string of the molecule is CC(OC(=O)Cn1nc(-c2ccc(F)cc2)oc1=O)C(=O)NCc1ccco1. The number of aromatic nitrogens is 2. The lowest BCUT2D eigenvalue weighted by Gasteiger charge is -2.12. The van der Waals surface area contributed by atoms with Crippen LogP contribution in [0, 0.1) is 5.82 Å². The number of furan rings is 1. The molecule has 0 spiro atoms. The summed E-state index contributed by atoms with van der Waals surface area (Å²) in [6, 6.07) is 8.51. The molecular formula is C18H16FN3O6. The van der Waals surface area contributed by atoms with Crippen LogP contribution in [-0.4, -0.2) is 27.8 Å². The third-order valence-electron chi connectivity index (χ3n) is 3.67. The highest BCUT2D eigenvalue weighted by molar-refractivity contribution is 5.83. The Kier molecular flexibility index (Phi) is 5.68. The predicted octanol–water partition coefficient (Wildman–Crippen LogP) is 1.48. The van der Waals surface area contributed by atoms with E-state index in [4.69, 9.17) is 13.6 Å². The molecule has 2 aromatic heterocycles. The second-order valence-corrected chi connectivity index (χ2v) is 5.77. The number of amides is 1. The second-order valence-electron chi connectivity index (χ2n) is 5.77. The van der Waals surface area contributed by atoms with E-state index in [2.05, 4.69) is 10.4 Å². The number of nitrogens with zero attached hydrogens (tertiary/aromatic N) is 2. The quantitative estimate of drug-likeness (QED) is 0.608. The van der Waals surface area contributed by atoms with Crippen molar-refractivity contribution >= 4 is 11.9 Å². The number of rotatable bonds is 7. The van der Waals surface area contributed by atoms with Gasteiger partial charge in [-0.15, -0.1) is 5.10 Å². The molecule has 0 radical (unpaired) electrons. The molecule has 0 bridgehead atoms. The lowest BCUT2D eigenvalue weighted by molar-refractivity contribution is -0.155. The summed E-state index contributed by atoms with van der Waals surface area (Å²) >= 11 is 0. The Morgan fingerprint density at radius 3 is 2.71 bits per heavy atom. The molecule has 2 heterocycles. The highest BCUT2D eigenvalue weighted by atomic mass is 19.1. The van der Waals surface area contributed by atoms with Gasteiger partial charge in [0, 0.05) is 5.56 Å². The summed E-state index contributed by atoms with van der Waals surface area (Å²) in [5.41, 5.74) is 0.372. The first-order valence-corrected chi connectivity index (χ1v) is 8.26. The number of halogens is 1. The van der Waals surface area contributed by atoms with Crippen molar-refractivity contribution < 1.29 is 27.6 Å². The Hall–Kier alpha value is -3.69. The van der Waals surface area contributed by atoms with Crippen LogP contribution >= 0.6 is 0 Å². The number of hydrogen-bond acceptors (Lipinski definition) is 7. The average Bonchev–Trinajstić information content (AvgIpc) is 3.30. The Morgan fingerprint density at radius 2 is 2.04 bits per heavy atom. The largest absolute Gasteiger partial charge is 0.467 e. The summed E-state index contributed by atoms with van der Waals surface area (Å²) in [6.45, 7) is 1.00. The van der Waals surface area contributed by atoms with Gasteiger partial charge in [-0.1, -0.05) is 0 Å². The van der Waals surface area contributed by atoms with E-state index in [1.807, 2.05) is 0 Å². The lowest BCUT2D eigenvalue weighted by atomic mass is 10.2. The fourth-order valence-electron chi connectivity index (χ4n) is 2.26. The molecule has 146 valence electrons. The first kappa shape index (κ1) is 19.1. The van der Waals surface area contributed by atoms with Gasteiger partial charge in [-0.25, -0.2) is 9.18 Å². The van der Waals surface area contributed by atoms with Crippen LogP contribution < -0.4 is 11.1 Å². The van der Waals surface area contributed by atoms with Crippen LogP contribution in [0.4, 0.5) is 4.39 Å². The summed E-state index contributed by atoms with van der Waals surface area (Å²) in [4.78, 5) is 35.8. The van der Waals surface area contributed by atoms with Crippen molar-refractivity contribution in [3.63, 3.8) is 0 Å². The maximum Gasteiger partial charge on any atom is 0.437 e. The molecule has 1 N–H and O–H groups in total.